The van der Waals surface area contributed by atoms with Gasteiger partial charge in [-0.1, -0.05) is 0 Å². The van der Waals surface area contributed by atoms with Gasteiger partial charge in [0.2, 0.25) is 0 Å². The molecule has 0 atom stereocenters. The molecule has 0 radical (unpaired) electrons. The normalized spacial score (nSPS) is 18.1. The summed E-state index contributed by atoms with van der Waals surface area (Å²) < 4.78 is 13.1. The monoisotopic (exact) mass is 210 g/mol. The summed E-state index contributed by atoms with van der Waals surface area (Å²) >= 11 is 0. The highest BCUT2D eigenvalue weighted by Crippen LogP contribution is 2.23. The van der Waals surface area contributed by atoms with Gasteiger partial charge in [0, 0.05) is 37.9 Å². The van der Waals surface area contributed by atoms with Crippen LogP contribution in [0.15, 0.2) is 18.2 Å². The Labute approximate surface area is 88.7 Å². The van der Waals surface area contributed by atoms with Crippen molar-refractivity contribution in [3.8, 4) is 5.75 Å². The van der Waals surface area contributed by atoms with Crippen molar-refractivity contribution < 1.29 is 9.50 Å². The molecule has 0 unspecified atom stereocenters. The summed E-state index contributed by atoms with van der Waals surface area (Å²) in [5.74, 6) is -0.834. The number of hydrogen-bond donors (Lipinski definition) is 1. The first-order chi connectivity index (χ1) is 7.16. The van der Waals surface area contributed by atoms with E-state index in [-0.39, 0.29) is 5.75 Å². The molecule has 0 aromatic heterocycles. The molecule has 0 saturated carbocycles. The summed E-state index contributed by atoms with van der Waals surface area (Å²) in [6.07, 6.45) is 0. The predicted molar refractivity (Wildman–Crippen MR) is 57.8 cm³/mol. The second-order valence-electron chi connectivity index (χ2n) is 3.93. The van der Waals surface area contributed by atoms with E-state index in [0.717, 1.165) is 31.9 Å². The van der Waals surface area contributed by atoms with E-state index in [1.54, 1.807) is 6.07 Å². The Morgan fingerprint density at radius 3 is 2.47 bits per heavy atom. The fourth-order valence-corrected chi connectivity index (χ4v) is 1.76. The number of rotatable bonds is 1. The van der Waals surface area contributed by atoms with Crippen LogP contribution in [0.1, 0.15) is 0 Å². The molecule has 1 aliphatic rings. The molecule has 1 aromatic carbocycles. The first-order valence-corrected chi connectivity index (χ1v) is 5.09. The molecule has 1 heterocycles. The molecule has 4 heteroatoms. The maximum Gasteiger partial charge on any atom is 0.166 e. The van der Waals surface area contributed by atoms with Crippen LogP contribution in [0.4, 0.5) is 10.1 Å². The van der Waals surface area contributed by atoms with Crippen molar-refractivity contribution in [1.29, 1.82) is 0 Å². The fraction of sp³-hybridized carbons (Fsp3) is 0.455. The number of anilines is 1. The Morgan fingerprint density at radius 1 is 1.20 bits per heavy atom. The van der Waals surface area contributed by atoms with Crippen LogP contribution in [0.2, 0.25) is 0 Å². The molecule has 3 nitrogen and oxygen atoms in total. The van der Waals surface area contributed by atoms with Gasteiger partial charge >= 0.3 is 0 Å². The molecule has 0 bridgehead atoms. The van der Waals surface area contributed by atoms with Crippen LogP contribution in [-0.4, -0.2) is 43.2 Å². The molecule has 0 aliphatic carbocycles. The van der Waals surface area contributed by atoms with Gasteiger partial charge in [-0.2, -0.15) is 0 Å². The predicted octanol–water partition coefficient (Wildman–Crippen LogP) is 1.28. The summed E-state index contributed by atoms with van der Waals surface area (Å²) in [4.78, 5) is 4.37. The minimum atomic E-state index is -0.550. The number of aromatic hydroxyl groups is 1. The molecular formula is C11H15FN2O. The zero-order chi connectivity index (χ0) is 10.8. The molecule has 2 rings (SSSR count). The van der Waals surface area contributed by atoms with Crippen molar-refractivity contribution in [1.82, 2.24) is 4.90 Å². The Morgan fingerprint density at radius 2 is 1.87 bits per heavy atom. The highest BCUT2D eigenvalue weighted by Gasteiger charge is 2.15. The van der Waals surface area contributed by atoms with Gasteiger partial charge in [0.1, 0.15) is 0 Å². The number of likely N-dealkylation sites (N-methyl/N-ethyl adjacent to an activating group) is 1. The summed E-state index contributed by atoms with van der Waals surface area (Å²) in [6.45, 7) is 3.78. The molecule has 0 spiro atoms. The van der Waals surface area contributed by atoms with Crippen LogP contribution in [0, 0.1) is 5.82 Å². The van der Waals surface area contributed by atoms with Gasteiger partial charge in [-0.15, -0.1) is 0 Å². The topological polar surface area (TPSA) is 26.7 Å². The average Bonchev–Trinajstić information content (AvgIpc) is 2.23. The molecular weight excluding hydrogens is 195 g/mol. The number of phenols is 1. The van der Waals surface area contributed by atoms with E-state index in [4.69, 9.17) is 5.11 Å². The third-order valence-corrected chi connectivity index (χ3v) is 2.80. The summed E-state index contributed by atoms with van der Waals surface area (Å²) in [7, 11) is 2.08. The van der Waals surface area contributed by atoms with Gasteiger partial charge in [-0.3, -0.25) is 0 Å². The lowest BCUT2D eigenvalue weighted by Gasteiger charge is -2.34. The van der Waals surface area contributed by atoms with Gasteiger partial charge in [0.05, 0.1) is 0 Å². The van der Waals surface area contributed by atoms with Crippen molar-refractivity contribution in [3.05, 3.63) is 24.0 Å². The van der Waals surface area contributed by atoms with Crippen molar-refractivity contribution >= 4 is 5.69 Å². The molecule has 0 amide bonds. The highest BCUT2D eigenvalue weighted by atomic mass is 19.1. The van der Waals surface area contributed by atoms with E-state index < -0.39 is 5.82 Å². The Balaban J connectivity index is 2.12. The summed E-state index contributed by atoms with van der Waals surface area (Å²) in [5, 5.41) is 9.08. The third-order valence-electron chi connectivity index (χ3n) is 2.80. The van der Waals surface area contributed by atoms with E-state index in [2.05, 4.69) is 16.8 Å². The number of hydrogen-bond acceptors (Lipinski definition) is 3. The van der Waals surface area contributed by atoms with Crippen molar-refractivity contribution in [2.45, 2.75) is 0 Å². The quantitative estimate of drug-likeness (QED) is 0.756. The number of phenolic OH excluding ortho intramolecular Hbond substituents is 1. The Bertz CT molecular complexity index is 348. The smallest absolute Gasteiger partial charge is 0.166 e. The zero-order valence-corrected chi connectivity index (χ0v) is 8.78. The van der Waals surface area contributed by atoms with Crippen molar-refractivity contribution in [2.24, 2.45) is 0 Å². The lowest BCUT2D eigenvalue weighted by Crippen LogP contribution is -2.44. The van der Waals surface area contributed by atoms with Crippen LogP contribution >= 0.6 is 0 Å². The number of piperazine rings is 1. The average molecular weight is 210 g/mol. The third kappa shape index (κ3) is 2.21. The van der Waals surface area contributed by atoms with Crippen molar-refractivity contribution in [3.63, 3.8) is 0 Å². The SMILES string of the molecule is CN1CCN(c2ccc(O)c(F)c2)CC1. The van der Waals surface area contributed by atoms with Crippen LogP contribution in [0.25, 0.3) is 0 Å². The second kappa shape index (κ2) is 4.06. The van der Waals surface area contributed by atoms with E-state index >= 15 is 0 Å². The molecule has 1 aliphatic heterocycles. The van der Waals surface area contributed by atoms with Crippen LogP contribution in [0.5, 0.6) is 5.75 Å². The largest absolute Gasteiger partial charge is 0.505 e. The zero-order valence-electron chi connectivity index (χ0n) is 8.78. The van der Waals surface area contributed by atoms with Crippen LogP contribution in [-0.2, 0) is 0 Å². The van der Waals surface area contributed by atoms with E-state index in [0.29, 0.717) is 0 Å². The van der Waals surface area contributed by atoms with Gasteiger partial charge in [0.15, 0.2) is 11.6 Å². The lowest BCUT2D eigenvalue weighted by atomic mass is 10.2. The Hall–Kier alpha value is -1.29. The molecule has 1 fully saturated rings. The maximum atomic E-state index is 13.1. The van der Waals surface area contributed by atoms with Gasteiger partial charge in [-0.25, -0.2) is 4.39 Å². The fourth-order valence-electron chi connectivity index (χ4n) is 1.76. The summed E-state index contributed by atoms with van der Waals surface area (Å²) in [6, 6.07) is 4.55. The van der Waals surface area contributed by atoms with Gasteiger partial charge in [-0.05, 0) is 19.2 Å². The van der Waals surface area contributed by atoms with Gasteiger partial charge in [0.25, 0.3) is 0 Å². The standard InChI is InChI=1S/C11H15FN2O/c1-13-4-6-14(7-5-13)9-2-3-11(15)10(12)8-9/h2-3,8,15H,4-7H2,1H3. The number of halogens is 1. The number of nitrogens with zero attached hydrogens (tertiary/aromatic N) is 2. The van der Waals surface area contributed by atoms with E-state index in [1.807, 2.05) is 0 Å². The number of benzene rings is 1. The van der Waals surface area contributed by atoms with Crippen molar-refractivity contribution in [2.75, 3.05) is 38.1 Å². The van der Waals surface area contributed by atoms with E-state index in [9.17, 15) is 4.39 Å². The molecule has 1 aromatic rings. The molecule has 1 saturated heterocycles. The second-order valence-corrected chi connectivity index (χ2v) is 3.93. The van der Waals surface area contributed by atoms with Crippen LogP contribution in [0.3, 0.4) is 0 Å². The van der Waals surface area contributed by atoms with Gasteiger partial charge < -0.3 is 14.9 Å². The summed E-state index contributed by atoms with van der Waals surface area (Å²) in [5.41, 5.74) is 0.846. The first kappa shape index (κ1) is 10.2. The van der Waals surface area contributed by atoms with Crippen LogP contribution < -0.4 is 4.90 Å². The first-order valence-electron chi connectivity index (χ1n) is 5.09. The minimum Gasteiger partial charge on any atom is -0.505 e. The minimum absolute atomic E-state index is 0.284. The maximum absolute atomic E-state index is 13.1. The lowest BCUT2D eigenvalue weighted by molar-refractivity contribution is 0.312. The molecule has 82 valence electrons. The van der Waals surface area contributed by atoms with E-state index in [1.165, 1.54) is 12.1 Å². The molecule has 15 heavy (non-hydrogen) atoms. The molecule has 1 N–H and O–H groups in total. The Kier molecular flexibility index (Phi) is 2.77. The highest BCUT2D eigenvalue weighted by molar-refractivity contribution is 5.49.